The van der Waals surface area contributed by atoms with Crippen molar-refractivity contribution in [3.05, 3.63) is 17.0 Å². The molecule has 1 amide bonds. The highest BCUT2D eigenvalue weighted by Gasteiger charge is 2.26. The van der Waals surface area contributed by atoms with Gasteiger partial charge in [-0.15, -0.1) is 0 Å². The van der Waals surface area contributed by atoms with Gasteiger partial charge in [-0.1, -0.05) is 0 Å². The van der Waals surface area contributed by atoms with E-state index in [2.05, 4.69) is 10.4 Å². The van der Waals surface area contributed by atoms with Crippen LogP contribution in [0.15, 0.2) is 0 Å². The number of nitrogens with zero attached hydrogens (tertiary/aromatic N) is 3. The summed E-state index contributed by atoms with van der Waals surface area (Å²) in [5.74, 6) is 0.102. The molecule has 0 aromatic carbocycles. The fraction of sp³-hybridized carbons (Fsp3) is 0.692. The topological polar surface area (TPSA) is 50.2 Å². The Hall–Kier alpha value is -1.36. The molecule has 5 heteroatoms. The standard InChI is InChI=1S/C13H22N4O/c1-9-12(10(2)17(4)15-9)13(18)16(3)11-5-7-14-8-6-11/h11,14H,5-8H2,1-4H3. The van der Waals surface area contributed by atoms with Crippen molar-refractivity contribution < 1.29 is 4.79 Å². The van der Waals surface area contributed by atoms with Gasteiger partial charge in [-0.05, 0) is 39.8 Å². The maximum absolute atomic E-state index is 12.6. The predicted molar refractivity (Wildman–Crippen MR) is 70.7 cm³/mol. The van der Waals surface area contributed by atoms with Crippen molar-refractivity contribution in [2.24, 2.45) is 7.05 Å². The molecule has 5 nitrogen and oxygen atoms in total. The number of nitrogens with one attached hydrogen (secondary N) is 1. The summed E-state index contributed by atoms with van der Waals surface area (Å²) in [6.45, 7) is 5.83. The van der Waals surface area contributed by atoms with Gasteiger partial charge >= 0.3 is 0 Å². The molecular weight excluding hydrogens is 228 g/mol. The van der Waals surface area contributed by atoms with Gasteiger partial charge in [-0.2, -0.15) is 5.10 Å². The molecule has 1 fully saturated rings. The van der Waals surface area contributed by atoms with Crippen LogP contribution < -0.4 is 5.32 Å². The van der Waals surface area contributed by atoms with Crippen molar-refractivity contribution in [3.63, 3.8) is 0 Å². The fourth-order valence-electron chi connectivity index (χ4n) is 2.62. The molecule has 0 spiro atoms. The monoisotopic (exact) mass is 250 g/mol. The van der Waals surface area contributed by atoms with E-state index in [1.54, 1.807) is 4.68 Å². The molecule has 0 saturated carbocycles. The third kappa shape index (κ3) is 2.27. The zero-order valence-corrected chi connectivity index (χ0v) is 11.7. The molecule has 2 rings (SSSR count). The second-order valence-electron chi connectivity index (χ2n) is 5.07. The minimum absolute atomic E-state index is 0.102. The molecule has 18 heavy (non-hydrogen) atoms. The molecule has 1 aromatic rings. The van der Waals surface area contributed by atoms with Crippen molar-refractivity contribution in [2.45, 2.75) is 32.7 Å². The summed E-state index contributed by atoms with van der Waals surface area (Å²) < 4.78 is 1.78. The van der Waals surface area contributed by atoms with E-state index in [4.69, 9.17) is 0 Å². The number of amides is 1. The van der Waals surface area contributed by atoms with E-state index in [0.717, 1.165) is 42.9 Å². The van der Waals surface area contributed by atoms with Gasteiger partial charge in [0.2, 0.25) is 0 Å². The van der Waals surface area contributed by atoms with Crippen molar-refractivity contribution in [1.82, 2.24) is 20.0 Å². The highest BCUT2D eigenvalue weighted by Crippen LogP contribution is 2.18. The largest absolute Gasteiger partial charge is 0.339 e. The van der Waals surface area contributed by atoms with Gasteiger partial charge in [0, 0.05) is 25.8 Å². The van der Waals surface area contributed by atoms with Crippen molar-refractivity contribution in [2.75, 3.05) is 20.1 Å². The summed E-state index contributed by atoms with van der Waals surface area (Å²) in [7, 11) is 3.79. The van der Waals surface area contributed by atoms with Crippen LogP contribution in [0.1, 0.15) is 34.6 Å². The SMILES string of the molecule is Cc1nn(C)c(C)c1C(=O)N(C)C1CCNCC1. The smallest absolute Gasteiger partial charge is 0.257 e. The van der Waals surface area contributed by atoms with Crippen LogP contribution in [0.4, 0.5) is 0 Å². The number of piperidine rings is 1. The average Bonchev–Trinajstić information content (AvgIpc) is 2.63. The summed E-state index contributed by atoms with van der Waals surface area (Å²) in [5.41, 5.74) is 2.53. The van der Waals surface area contributed by atoms with E-state index in [1.165, 1.54) is 0 Å². The summed E-state index contributed by atoms with van der Waals surface area (Å²) in [6, 6.07) is 0.345. The molecule has 1 saturated heterocycles. The summed E-state index contributed by atoms with van der Waals surface area (Å²) in [5, 5.41) is 7.64. The third-order valence-electron chi connectivity index (χ3n) is 3.90. The quantitative estimate of drug-likeness (QED) is 0.847. The van der Waals surface area contributed by atoms with E-state index in [-0.39, 0.29) is 5.91 Å². The lowest BCUT2D eigenvalue weighted by Crippen LogP contribution is -2.44. The number of hydrogen-bond acceptors (Lipinski definition) is 3. The number of carbonyl (C=O) groups excluding carboxylic acids is 1. The van der Waals surface area contributed by atoms with E-state index in [9.17, 15) is 4.79 Å². The number of rotatable bonds is 2. The summed E-state index contributed by atoms with van der Waals surface area (Å²) in [4.78, 5) is 14.4. The van der Waals surface area contributed by atoms with Gasteiger partial charge in [0.1, 0.15) is 0 Å². The Morgan fingerprint density at radius 1 is 1.39 bits per heavy atom. The van der Waals surface area contributed by atoms with E-state index >= 15 is 0 Å². The maximum Gasteiger partial charge on any atom is 0.257 e. The van der Waals surface area contributed by atoms with Crippen LogP contribution in [0.25, 0.3) is 0 Å². The van der Waals surface area contributed by atoms with Gasteiger partial charge in [-0.25, -0.2) is 0 Å². The van der Waals surface area contributed by atoms with Gasteiger partial charge in [0.05, 0.1) is 11.3 Å². The molecule has 0 bridgehead atoms. The van der Waals surface area contributed by atoms with Crippen LogP contribution in [0.2, 0.25) is 0 Å². The Labute approximate surface area is 108 Å². The van der Waals surface area contributed by atoms with Crippen LogP contribution in [0.5, 0.6) is 0 Å². The molecule has 0 atom stereocenters. The normalized spacial score (nSPS) is 16.9. The number of aromatic nitrogens is 2. The number of carbonyl (C=O) groups is 1. The van der Waals surface area contributed by atoms with E-state index < -0.39 is 0 Å². The molecule has 0 aliphatic carbocycles. The van der Waals surface area contributed by atoms with Crippen LogP contribution >= 0.6 is 0 Å². The first-order chi connectivity index (χ1) is 8.52. The molecule has 100 valence electrons. The van der Waals surface area contributed by atoms with Crippen molar-refractivity contribution in [1.29, 1.82) is 0 Å². The zero-order chi connectivity index (χ0) is 13.3. The molecule has 1 aromatic heterocycles. The Bertz CT molecular complexity index is 446. The molecule has 0 radical (unpaired) electrons. The minimum atomic E-state index is 0.102. The average molecular weight is 250 g/mol. The van der Waals surface area contributed by atoms with Gasteiger partial charge in [0.25, 0.3) is 5.91 Å². The Morgan fingerprint density at radius 2 is 2.00 bits per heavy atom. The van der Waals surface area contributed by atoms with Gasteiger partial charge in [0.15, 0.2) is 0 Å². The first-order valence-corrected chi connectivity index (χ1v) is 6.50. The van der Waals surface area contributed by atoms with Crippen LogP contribution in [-0.2, 0) is 7.05 Å². The number of aryl methyl sites for hydroxylation is 2. The molecule has 1 aliphatic heterocycles. The minimum Gasteiger partial charge on any atom is -0.339 e. The van der Waals surface area contributed by atoms with Crippen molar-refractivity contribution in [3.8, 4) is 0 Å². The third-order valence-corrected chi connectivity index (χ3v) is 3.90. The van der Waals surface area contributed by atoms with Gasteiger partial charge in [-0.3, -0.25) is 9.48 Å². The van der Waals surface area contributed by atoms with Crippen LogP contribution in [0, 0.1) is 13.8 Å². The molecular formula is C13H22N4O. The Balaban J connectivity index is 2.19. The molecule has 1 N–H and O–H groups in total. The molecule has 0 unspecified atom stereocenters. The number of hydrogen-bond donors (Lipinski definition) is 1. The van der Waals surface area contributed by atoms with Crippen LogP contribution in [-0.4, -0.2) is 46.8 Å². The maximum atomic E-state index is 12.6. The predicted octanol–water partition coefficient (Wildman–Crippen LogP) is 0.861. The second-order valence-corrected chi connectivity index (χ2v) is 5.07. The lowest BCUT2D eigenvalue weighted by Gasteiger charge is -2.31. The highest BCUT2D eigenvalue weighted by atomic mass is 16.2. The second kappa shape index (κ2) is 5.10. The first kappa shape index (κ1) is 13.1. The van der Waals surface area contributed by atoms with Crippen molar-refractivity contribution >= 4 is 5.91 Å². The zero-order valence-electron chi connectivity index (χ0n) is 11.7. The Kier molecular flexibility index (Phi) is 3.71. The van der Waals surface area contributed by atoms with Gasteiger partial charge < -0.3 is 10.2 Å². The lowest BCUT2D eigenvalue weighted by atomic mass is 10.0. The summed E-state index contributed by atoms with van der Waals surface area (Å²) in [6.07, 6.45) is 2.06. The van der Waals surface area contributed by atoms with E-state index in [1.807, 2.05) is 32.8 Å². The van der Waals surface area contributed by atoms with E-state index in [0.29, 0.717) is 6.04 Å². The first-order valence-electron chi connectivity index (χ1n) is 6.50. The highest BCUT2D eigenvalue weighted by molar-refractivity contribution is 5.96. The summed E-state index contributed by atoms with van der Waals surface area (Å²) >= 11 is 0. The Morgan fingerprint density at radius 3 is 2.50 bits per heavy atom. The lowest BCUT2D eigenvalue weighted by molar-refractivity contribution is 0.0701. The molecule has 2 heterocycles. The molecule has 1 aliphatic rings. The fourth-order valence-corrected chi connectivity index (χ4v) is 2.62. The van der Waals surface area contributed by atoms with Crippen LogP contribution in [0.3, 0.4) is 0 Å².